The van der Waals surface area contributed by atoms with Gasteiger partial charge in [0.25, 0.3) is 0 Å². The lowest BCUT2D eigenvalue weighted by Gasteiger charge is -2.15. The van der Waals surface area contributed by atoms with Crippen molar-refractivity contribution >= 4 is 5.97 Å². The first-order chi connectivity index (χ1) is 7.34. The number of carboxylic acid groups (broad SMARTS) is 1. The molecule has 4 N–H and O–H groups in total. The van der Waals surface area contributed by atoms with Gasteiger partial charge in [-0.2, -0.15) is 0 Å². The summed E-state index contributed by atoms with van der Waals surface area (Å²) in [5.41, 5.74) is 8.72. The molecule has 0 bridgehead atoms. The van der Waals surface area contributed by atoms with Gasteiger partial charge in [0.2, 0.25) is 0 Å². The Morgan fingerprint density at radius 3 is 2.44 bits per heavy atom. The molecule has 1 unspecified atom stereocenters. The first-order valence-electron chi connectivity index (χ1n) is 5.11. The van der Waals surface area contributed by atoms with Crippen LogP contribution in [0, 0.1) is 20.8 Å². The second-order valence-corrected chi connectivity index (χ2v) is 4.11. The summed E-state index contributed by atoms with van der Waals surface area (Å²) in [5, 5.41) is 18.7. The summed E-state index contributed by atoms with van der Waals surface area (Å²) in [4.78, 5) is 10.7. The number of hydrogen-bond acceptors (Lipinski definition) is 3. The first-order valence-corrected chi connectivity index (χ1v) is 5.11. The Kier molecular flexibility index (Phi) is 3.55. The van der Waals surface area contributed by atoms with Crippen LogP contribution in [-0.4, -0.2) is 22.2 Å². The standard InChI is InChI=1S/C12H17NO3/c1-6-4-7(2)9(11(14)8(6)3)5-10(13)12(15)16/h4,10,14H,5,13H2,1-3H3,(H,15,16). The molecule has 0 saturated carbocycles. The van der Waals surface area contributed by atoms with Crippen LogP contribution in [0.3, 0.4) is 0 Å². The maximum absolute atomic E-state index is 10.7. The maximum atomic E-state index is 10.7. The number of aryl methyl sites for hydroxylation is 2. The molecule has 0 aliphatic carbocycles. The highest BCUT2D eigenvalue weighted by Gasteiger charge is 2.18. The summed E-state index contributed by atoms with van der Waals surface area (Å²) >= 11 is 0. The van der Waals surface area contributed by atoms with Gasteiger partial charge in [0.1, 0.15) is 11.8 Å². The lowest BCUT2D eigenvalue weighted by atomic mass is 9.95. The third-order valence-corrected chi connectivity index (χ3v) is 2.88. The van der Waals surface area contributed by atoms with Crippen LogP contribution in [0.15, 0.2) is 6.07 Å². The van der Waals surface area contributed by atoms with E-state index in [1.54, 1.807) is 6.92 Å². The highest BCUT2D eigenvalue weighted by atomic mass is 16.4. The molecule has 1 rings (SSSR count). The van der Waals surface area contributed by atoms with E-state index in [0.717, 1.165) is 16.7 Å². The first kappa shape index (κ1) is 12.5. The number of carboxylic acids is 1. The molecule has 1 atom stereocenters. The Morgan fingerprint density at radius 1 is 1.38 bits per heavy atom. The summed E-state index contributed by atoms with van der Waals surface area (Å²) in [7, 11) is 0. The predicted molar refractivity (Wildman–Crippen MR) is 61.6 cm³/mol. The smallest absolute Gasteiger partial charge is 0.320 e. The van der Waals surface area contributed by atoms with Crippen LogP contribution in [-0.2, 0) is 11.2 Å². The minimum atomic E-state index is -1.06. The van der Waals surface area contributed by atoms with Gasteiger partial charge in [-0.15, -0.1) is 0 Å². The van der Waals surface area contributed by atoms with Gasteiger partial charge in [0.15, 0.2) is 0 Å². The summed E-state index contributed by atoms with van der Waals surface area (Å²) in [6, 6.07) is 0.950. The highest BCUT2D eigenvalue weighted by molar-refractivity contribution is 5.74. The Morgan fingerprint density at radius 2 is 1.94 bits per heavy atom. The summed E-state index contributed by atoms with van der Waals surface area (Å²) in [6.07, 6.45) is 0.147. The second kappa shape index (κ2) is 4.53. The molecule has 0 aliphatic rings. The van der Waals surface area contributed by atoms with E-state index >= 15 is 0 Å². The van der Waals surface area contributed by atoms with Gasteiger partial charge in [-0.25, -0.2) is 0 Å². The molecular weight excluding hydrogens is 206 g/mol. The fraction of sp³-hybridized carbons (Fsp3) is 0.417. The fourth-order valence-corrected chi connectivity index (χ4v) is 1.68. The predicted octanol–water partition coefficient (Wildman–Crippen LogP) is 1.27. The zero-order valence-corrected chi connectivity index (χ0v) is 9.74. The Labute approximate surface area is 94.7 Å². The van der Waals surface area contributed by atoms with Gasteiger partial charge in [0, 0.05) is 6.42 Å². The van der Waals surface area contributed by atoms with Gasteiger partial charge in [-0.3, -0.25) is 4.79 Å². The van der Waals surface area contributed by atoms with E-state index in [1.165, 1.54) is 0 Å². The van der Waals surface area contributed by atoms with Crippen LogP contribution in [0.1, 0.15) is 22.3 Å². The Bertz CT molecular complexity index is 427. The lowest BCUT2D eigenvalue weighted by molar-refractivity contribution is -0.138. The Hall–Kier alpha value is -1.55. The Balaban J connectivity index is 3.14. The second-order valence-electron chi connectivity index (χ2n) is 4.11. The van der Waals surface area contributed by atoms with Crippen LogP contribution in [0.5, 0.6) is 5.75 Å². The average Bonchev–Trinajstić information content (AvgIpc) is 2.20. The van der Waals surface area contributed by atoms with Crippen LogP contribution in [0.4, 0.5) is 0 Å². The van der Waals surface area contributed by atoms with Crippen molar-refractivity contribution in [3.63, 3.8) is 0 Å². The van der Waals surface area contributed by atoms with E-state index in [0.29, 0.717) is 5.56 Å². The van der Waals surface area contributed by atoms with Gasteiger partial charge in [-0.1, -0.05) is 6.07 Å². The molecule has 0 aliphatic heterocycles. The number of benzene rings is 1. The third-order valence-electron chi connectivity index (χ3n) is 2.88. The van der Waals surface area contributed by atoms with Crippen molar-refractivity contribution in [2.45, 2.75) is 33.2 Å². The molecule has 4 heteroatoms. The molecule has 1 aromatic carbocycles. The van der Waals surface area contributed by atoms with E-state index in [2.05, 4.69) is 0 Å². The van der Waals surface area contributed by atoms with Crippen molar-refractivity contribution < 1.29 is 15.0 Å². The molecule has 1 aromatic rings. The normalized spacial score (nSPS) is 12.5. The average molecular weight is 223 g/mol. The number of aliphatic carboxylic acids is 1. The van der Waals surface area contributed by atoms with Crippen molar-refractivity contribution in [1.82, 2.24) is 0 Å². The topological polar surface area (TPSA) is 83.6 Å². The monoisotopic (exact) mass is 223 g/mol. The van der Waals surface area contributed by atoms with Crippen LogP contribution >= 0.6 is 0 Å². The quantitative estimate of drug-likeness (QED) is 0.720. The SMILES string of the molecule is Cc1cc(C)c(CC(N)C(=O)O)c(O)c1C. The van der Waals surface area contributed by atoms with E-state index in [-0.39, 0.29) is 12.2 Å². The lowest BCUT2D eigenvalue weighted by Crippen LogP contribution is -2.32. The molecule has 0 radical (unpaired) electrons. The fourth-order valence-electron chi connectivity index (χ4n) is 1.68. The van der Waals surface area contributed by atoms with Crippen molar-refractivity contribution in [3.05, 3.63) is 28.3 Å². The van der Waals surface area contributed by atoms with Gasteiger partial charge in [0.05, 0.1) is 0 Å². The molecule has 4 nitrogen and oxygen atoms in total. The summed E-state index contributed by atoms with van der Waals surface area (Å²) in [6.45, 7) is 5.55. The zero-order valence-electron chi connectivity index (χ0n) is 9.74. The number of phenols is 1. The summed E-state index contributed by atoms with van der Waals surface area (Å²) < 4.78 is 0. The van der Waals surface area contributed by atoms with Gasteiger partial charge >= 0.3 is 5.97 Å². The van der Waals surface area contributed by atoms with Crippen LogP contribution in [0.2, 0.25) is 0 Å². The highest BCUT2D eigenvalue weighted by Crippen LogP contribution is 2.29. The number of carbonyl (C=O) groups is 1. The maximum Gasteiger partial charge on any atom is 0.320 e. The minimum absolute atomic E-state index is 0.147. The van der Waals surface area contributed by atoms with Crippen molar-refractivity contribution in [1.29, 1.82) is 0 Å². The molecule has 0 spiro atoms. The number of phenolic OH excluding ortho intramolecular Hbond substituents is 1. The molecule has 0 heterocycles. The van der Waals surface area contributed by atoms with E-state index in [4.69, 9.17) is 10.8 Å². The molecule has 0 fully saturated rings. The zero-order chi connectivity index (χ0) is 12.5. The molecule has 0 saturated heterocycles. The van der Waals surface area contributed by atoms with Crippen molar-refractivity contribution in [3.8, 4) is 5.75 Å². The number of hydrogen-bond donors (Lipinski definition) is 3. The van der Waals surface area contributed by atoms with Crippen molar-refractivity contribution in [2.75, 3.05) is 0 Å². The molecule has 16 heavy (non-hydrogen) atoms. The largest absolute Gasteiger partial charge is 0.507 e. The van der Waals surface area contributed by atoms with Crippen molar-refractivity contribution in [2.24, 2.45) is 5.73 Å². The number of rotatable bonds is 3. The molecule has 0 aromatic heterocycles. The van der Waals surface area contributed by atoms with Crippen LogP contribution in [0.25, 0.3) is 0 Å². The van der Waals surface area contributed by atoms with Gasteiger partial charge in [-0.05, 0) is 43.0 Å². The summed E-state index contributed by atoms with van der Waals surface area (Å²) in [5.74, 6) is -0.897. The van der Waals surface area contributed by atoms with Crippen LogP contribution < -0.4 is 5.73 Å². The molecule has 0 amide bonds. The van der Waals surface area contributed by atoms with Gasteiger partial charge < -0.3 is 15.9 Å². The molecular formula is C12H17NO3. The number of aromatic hydroxyl groups is 1. The minimum Gasteiger partial charge on any atom is -0.507 e. The molecule has 88 valence electrons. The van der Waals surface area contributed by atoms with E-state index in [1.807, 2.05) is 19.9 Å². The number of nitrogens with two attached hydrogens (primary N) is 1. The van der Waals surface area contributed by atoms with E-state index in [9.17, 15) is 9.90 Å². The van der Waals surface area contributed by atoms with E-state index < -0.39 is 12.0 Å². The third kappa shape index (κ3) is 2.33.